The van der Waals surface area contributed by atoms with Crippen molar-refractivity contribution in [2.24, 2.45) is 11.8 Å². The molecular formula is C18H24N6O. The largest absolute Gasteiger partial charge is 0.349 e. The van der Waals surface area contributed by atoms with Crippen molar-refractivity contribution in [2.45, 2.75) is 25.4 Å². The number of rotatable bonds is 4. The summed E-state index contributed by atoms with van der Waals surface area (Å²) in [4.78, 5) is 20.9. The van der Waals surface area contributed by atoms with E-state index in [9.17, 15) is 4.79 Å². The number of fused-ring (bicyclic) bond motifs is 3. The number of hydrogen-bond acceptors (Lipinski definition) is 5. The van der Waals surface area contributed by atoms with Crippen LogP contribution in [0.2, 0.25) is 0 Å². The Kier molecular flexibility index (Phi) is 4.25. The molecule has 3 aliphatic rings. The molecule has 0 aromatic carbocycles. The Morgan fingerprint density at radius 1 is 1.32 bits per heavy atom. The zero-order chi connectivity index (χ0) is 17.4. The molecule has 1 amide bonds. The summed E-state index contributed by atoms with van der Waals surface area (Å²) in [5.74, 6) is 0.912. The van der Waals surface area contributed by atoms with Gasteiger partial charge in [0.25, 0.3) is 0 Å². The maximum absolute atomic E-state index is 12.4. The summed E-state index contributed by atoms with van der Waals surface area (Å²) in [6, 6.07) is 6.22. The van der Waals surface area contributed by atoms with E-state index in [0.717, 1.165) is 43.9 Å². The van der Waals surface area contributed by atoms with E-state index in [1.165, 1.54) is 0 Å². The zero-order valence-electron chi connectivity index (χ0n) is 14.7. The molecule has 0 spiro atoms. The molecule has 4 atom stereocenters. The molecule has 0 radical (unpaired) electrons. The number of carbonyl (C=O) groups excluding carboxylic acids is 1. The molecular weight excluding hydrogens is 316 g/mol. The molecule has 2 bridgehead atoms. The number of hydrogen-bond donors (Lipinski definition) is 0. The fourth-order valence-electron chi connectivity index (χ4n) is 4.17. The lowest BCUT2D eigenvalue weighted by Crippen LogP contribution is -2.57. The molecule has 5 rings (SSSR count). The van der Waals surface area contributed by atoms with Crippen molar-refractivity contribution in [1.29, 1.82) is 0 Å². The van der Waals surface area contributed by atoms with Gasteiger partial charge in [-0.3, -0.25) is 19.4 Å². The number of nitrogens with zero attached hydrogens (tertiary/aromatic N) is 6. The molecule has 3 aliphatic heterocycles. The highest BCUT2D eigenvalue weighted by Gasteiger charge is 2.43. The van der Waals surface area contributed by atoms with Crippen LogP contribution in [0.5, 0.6) is 0 Å². The third-order valence-electron chi connectivity index (χ3n) is 5.50. The molecule has 1 unspecified atom stereocenters. The van der Waals surface area contributed by atoms with Crippen LogP contribution < -0.4 is 0 Å². The van der Waals surface area contributed by atoms with Crippen molar-refractivity contribution in [3.05, 3.63) is 30.6 Å². The van der Waals surface area contributed by atoms with Crippen molar-refractivity contribution in [3.8, 4) is 11.4 Å². The van der Waals surface area contributed by atoms with E-state index in [1.807, 2.05) is 43.2 Å². The summed E-state index contributed by atoms with van der Waals surface area (Å²) in [6.07, 6.45) is 5.91. The van der Waals surface area contributed by atoms with Crippen LogP contribution in [-0.4, -0.2) is 68.9 Å². The molecule has 0 saturated carbocycles. The second-order valence-electron chi connectivity index (χ2n) is 7.31. The van der Waals surface area contributed by atoms with E-state index in [4.69, 9.17) is 0 Å². The van der Waals surface area contributed by atoms with Crippen LogP contribution in [0.1, 0.15) is 12.8 Å². The maximum Gasteiger partial charge on any atom is 0.226 e. The Bertz CT molecular complexity index is 743. The SMILES string of the molecule is CN(C)C(=O)[C@H]1CN2CC[C@H]1C[C@@H]2Cn1cc(-c2ccccn2)nn1. The Balaban J connectivity index is 1.43. The normalized spacial score (nSPS) is 28.1. The fraction of sp³-hybridized carbons (Fsp3) is 0.556. The van der Waals surface area contributed by atoms with Crippen LogP contribution in [0.15, 0.2) is 30.6 Å². The number of pyridine rings is 1. The third-order valence-corrected chi connectivity index (χ3v) is 5.50. The summed E-state index contributed by atoms with van der Waals surface area (Å²) >= 11 is 0. The second kappa shape index (κ2) is 6.55. The number of amides is 1. The van der Waals surface area contributed by atoms with Gasteiger partial charge in [0, 0.05) is 32.9 Å². The predicted molar refractivity (Wildman–Crippen MR) is 93.5 cm³/mol. The van der Waals surface area contributed by atoms with E-state index in [1.54, 1.807) is 11.1 Å². The number of piperidine rings is 3. The molecule has 2 aromatic rings. The van der Waals surface area contributed by atoms with E-state index in [-0.39, 0.29) is 11.8 Å². The molecule has 5 heterocycles. The lowest BCUT2D eigenvalue weighted by atomic mass is 9.75. The van der Waals surface area contributed by atoms with Crippen LogP contribution in [0.25, 0.3) is 11.4 Å². The standard InChI is InChI=1S/C18H24N6O/c1-22(2)18(25)15-11-23-8-6-13(15)9-14(23)10-24-12-17(20-21-24)16-5-3-4-7-19-16/h3-5,7,12-15H,6,8-11H2,1-2H3/t13-,14+,15-/m0/s1. The van der Waals surface area contributed by atoms with Crippen LogP contribution in [0, 0.1) is 11.8 Å². The Morgan fingerprint density at radius 2 is 2.20 bits per heavy atom. The van der Waals surface area contributed by atoms with Crippen molar-refractivity contribution in [2.75, 3.05) is 27.2 Å². The minimum atomic E-state index is 0.153. The lowest BCUT2D eigenvalue weighted by molar-refractivity contribution is -0.141. The van der Waals surface area contributed by atoms with E-state index in [2.05, 4.69) is 20.2 Å². The molecule has 0 aliphatic carbocycles. The van der Waals surface area contributed by atoms with Crippen molar-refractivity contribution >= 4 is 5.91 Å². The zero-order valence-corrected chi connectivity index (χ0v) is 14.7. The second-order valence-corrected chi connectivity index (χ2v) is 7.31. The molecule has 3 saturated heterocycles. The topological polar surface area (TPSA) is 67.2 Å². The van der Waals surface area contributed by atoms with E-state index < -0.39 is 0 Å². The van der Waals surface area contributed by atoms with Gasteiger partial charge < -0.3 is 4.90 Å². The quantitative estimate of drug-likeness (QED) is 0.835. The average molecular weight is 340 g/mol. The van der Waals surface area contributed by atoms with Crippen LogP contribution in [0.4, 0.5) is 0 Å². The first-order valence-electron chi connectivity index (χ1n) is 8.88. The Hall–Kier alpha value is -2.28. The molecule has 7 nitrogen and oxygen atoms in total. The molecule has 3 fully saturated rings. The van der Waals surface area contributed by atoms with Gasteiger partial charge in [0.15, 0.2) is 0 Å². The van der Waals surface area contributed by atoms with Crippen LogP contribution in [-0.2, 0) is 11.3 Å². The number of aromatic nitrogens is 4. The molecule has 2 aromatic heterocycles. The molecule has 7 heteroatoms. The predicted octanol–water partition coefficient (Wildman–Crippen LogP) is 1.14. The minimum absolute atomic E-state index is 0.153. The van der Waals surface area contributed by atoms with Crippen molar-refractivity contribution in [1.82, 2.24) is 29.8 Å². The van der Waals surface area contributed by atoms with E-state index >= 15 is 0 Å². The third kappa shape index (κ3) is 3.16. The van der Waals surface area contributed by atoms with Gasteiger partial charge in [-0.2, -0.15) is 0 Å². The van der Waals surface area contributed by atoms with Gasteiger partial charge in [-0.1, -0.05) is 11.3 Å². The monoisotopic (exact) mass is 340 g/mol. The van der Waals surface area contributed by atoms with Gasteiger partial charge in [0.1, 0.15) is 5.69 Å². The molecule has 132 valence electrons. The summed E-state index contributed by atoms with van der Waals surface area (Å²) in [6.45, 7) is 2.77. The minimum Gasteiger partial charge on any atom is -0.349 e. The van der Waals surface area contributed by atoms with Crippen LogP contribution >= 0.6 is 0 Å². The van der Waals surface area contributed by atoms with E-state index in [0.29, 0.717) is 12.0 Å². The Labute approximate surface area is 147 Å². The van der Waals surface area contributed by atoms with Crippen molar-refractivity contribution < 1.29 is 4.79 Å². The van der Waals surface area contributed by atoms with Gasteiger partial charge in [-0.05, 0) is 37.4 Å². The lowest BCUT2D eigenvalue weighted by Gasteiger charge is -2.49. The summed E-state index contributed by atoms with van der Waals surface area (Å²) in [5.41, 5.74) is 1.65. The van der Waals surface area contributed by atoms with Gasteiger partial charge in [0.2, 0.25) is 5.91 Å². The molecule has 25 heavy (non-hydrogen) atoms. The first kappa shape index (κ1) is 16.2. The van der Waals surface area contributed by atoms with Crippen LogP contribution in [0.3, 0.4) is 0 Å². The fourth-order valence-corrected chi connectivity index (χ4v) is 4.17. The van der Waals surface area contributed by atoms with Crippen molar-refractivity contribution in [3.63, 3.8) is 0 Å². The highest BCUT2D eigenvalue weighted by Crippen LogP contribution is 2.37. The van der Waals surface area contributed by atoms with Gasteiger partial charge in [-0.15, -0.1) is 5.10 Å². The Morgan fingerprint density at radius 3 is 2.88 bits per heavy atom. The van der Waals surface area contributed by atoms with Gasteiger partial charge in [0.05, 0.1) is 24.4 Å². The average Bonchev–Trinajstić information content (AvgIpc) is 3.11. The maximum atomic E-state index is 12.4. The first-order chi connectivity index (χ1) is 12.1. The summed E-state index contributed by atoms with van der Waals surface area (Å²) < 4.78 is 1.91. The highest BCUT2D eigenvalue weighted by atomic mass is 16.2. The highest BCUT2D eigenvalue weighted by molar-refractivity contribution is 5.79. The summed E-state index contributed by atoms with van der Waals surface area (Å²) in [7, 11) is 3.71. The van der Waals surface area contributed by atoms with Gasteiger partial charge >= 0.3 is 0 Å². The number of carbonyl (C=O) groups is 1. The first-order valence-corrected chi connectivity index (χ1v) is 8.88. The molecule has 0 N–H and O–H groups in total. The smallest absolute Gasteiger partial charge is 0.226 e. The summed E-state index contributed by atoms with van der Waals surface area (Å²) in [5, 5.41) is 8.53. The van der Waals surface area contributed by atoms with Gasteiger partial charge in [-0.25, -0.2) is 0 Å².